The number of aryl methyl sites for hydroxylation is 1. The second kappa shape index (κ2) is 7.02. The van der Waals surface area contributed by atoms with Crippen molar-refractivity contribution in [2.75, 3.05) is 6.54 Å². The number of hydrogen-bond donors (Lipinski definition) is 2. The molecule has 0 aliphatic rings. The first-order valence-electron chi connectivity index (χ1n) is 7.22. The van der Waals surface area contributed by atoms with Gasteiger partial charge >= 0.3 is 0 Å². The number of carbonyl (C=O) groups is 1. The van der Waals surface area contributed by atoms with Gasteiger partial charge in [-0.15, -0.1) is 10.2 Å². The Morgan fingerprint density at radius 1 is 1.50 bits per heavy atom. The first-order valence-corrected chi connectivity index (χ1v) is 8.17. The molecular weight excluding hydrogens is 302 g/mol. The van der Waals surface area contributed by atoms with Gasteiger partial charge in [0, 0.05) is 18.8 Å². The van der Waals surface area contributed by atoms with E-state index in [1.807, 2.05) is 30.7 Å². The van der Waals surface area contributed by atoms with Gasteiger partial charge in [-0.05, 0) is 29.3 Å². The van der Waals surface area contributed by atoms with Crippen molar-refractivity contribution in [3.8, 4) is 0 Å². The molecular formula is C15H21N3O3S. The van der Waals surface area contributed by atoms with Gasteiger partial charge in [-0.2, -0.15) is 11.3 Å². The summed E-state index contributed by atoms with van der Waals surface area (Å²) >= 11 is 1.51. The van der Waals surface area contributed by atoms with Gasteiger partial charge < -0.3 is 14.8 Å². The molecule has 22 heavy (non-hydrogen) atoms. The zero-order valence-electron chi connectivity index (χ0n) is 13.0. The van der Waals surface area contributed by atoms with E-state index in [4.69, 9.17) is 4.42 Å². The highest BCUT2D eigenvalue weighted by Crippen LogP contribution is 2.22. The maximum atomic E-state index is 11.9. The van der Waals surface area contributed by atoms with Crippen LogP contribution in [0.25, 0.3) is 0 Å². The molecule has 1 atom stereocenters. The summed E-state index contributed by atoms with van der Waals surface area (Å²) in [4.78, 5) is 11.9. The molecule has 2 heterocycles. The molecule has 2 N–H and O–H groups in total. The van der Waals surface area contributed by atoms with Crippen LogP contribution in [0.2, 0.25) is 0 Å². The lowest BCUT2D eigenvalue weighted by atomic mass is 9.99. The van der Waals surface area contributed by atoms with Gasteiger partial charge in [0.25, 0.3) is 0 Å². The largest absolute Gasteiger partial charge is 0.425 e. The number of amides is 1. The molecule has 7 heteroatoms. The lowest BCUT2D eigenvalue weighted by Gasteiger charge is -2.22. The van der Waals surface area contributed by atoms with Crippen molar-refractivity contribution < 1.29 is 14.3 Å². The molecule has 0 aliphatic carbocycles. The second-order valence-electron chi connectivity index (χ2n) is 5.75. The molecule has 0 saturated carbocycles. The van der Waals surface area contributed by atoms with Gasteiger partial charge in [0.15, 0.2) is 0 Å². The number of hydrogen-bond acceptors (Lipinski definition) is 6. The van der Waals surface area contributed by atoms with Crippen molar-refractivity contribution in [1.29, 1.82) is 0 Å². The summed E-state index contributed by atoms with van der Waals surface area (Å²) in [6, 6.07) is 1.85. The molecule has 2 aromatic heterocycles. The summed E-state index contributed by atoms with van der Waals surface area (Å²) in [5.74, 6) is 1.06. The van der Waals surface area contributed by atoms with Crippen LogP contribution in [0.5, 0.6) is 0 Å². The van der Waals surface area contributed by atoms with E-state index in [0.29, 0.717) is 18.2 Å². The summed E-state index contributed by atoms with van der Waals surface area (Å²) in [6.07, 6.45) is 0.644. The van der Waals surface area contributed by atoms with Crippen molar-refractivity contribution >= 4 is 17.2 Å². The molecule has 2 aromatic rings. The first kappa shape index (κ1) is 16.6. The number of rotatable bonds is 7. The standard InChI is InChI=1S/C15H21N3O3S/c1-10(2)14-18-17-13(21-14)5-4-12(19)16-9-15(3,20)11-6-7-22-8-11/h6-8,10,20H,4-5,9H2,1-3H3,(H,16,19). The SMILES string of the molecule is CC(C)c1nnc(CCC(=O)NCC(C)(O)c2ccsc2)o1. The molecule has 0 bridgehead atoms. The van der Waals surface area contributed by atoms with Gasteiger partial charge in [-0.3, -0.25) is 4.79 Å². The van der Waals surface area contributed by atoms with Crippen LogP contribution in [0.3, 0.4) is 0 Å². The molecule has 1 amide bonds. The highest BCUT2D eigenvalue weighted by atomic mass is 32.1. The molecule has 1 unspecified atom stereocenters. The highest BCUT2D eigenvalue weighted by Gasteiger charge is 2.24. The smallest absolute Gasteiger partial charge is 0.220 e. The van der Waals surface area contributed by atoms with E-state index >= 15 is 0 Å². The van der Waals surface area contributed by atoms with Crippen LogP contribution in [0, 0.1) is 0 Å². The van der Waals surface area contributed by atoms with E-state index in [1.54, 1.807) is 6.92 Å². The lowest BCUT2D eigenvalue weighted by molar-refractivity contribution is -0.122. The van der Waals surface area contributed by atoms with Gasteiger partial charge in [0.2, 0.25) is 17.7 Å². The fraction of sp³-hybridized carbons (Fsp3) is 0.533. The summed E-state index contributed by atoms with van der Waals surface area (Å²) in [6.45, 7) is 5.79. The van der Waals surface area contributed by atoms with Gasteiger partial charge in [-0.1, -0.05) is 13.8 Å². The maximum absolute atomic E-state index is 11.9. The quantitative estimate of drug-likeness (QED) is 0.815. The Labute approximate surface area is 133 Å². The Kier molecular flexibility index (Phi) is 5.31. The third-order valence-electron chi connectivity index (χ3n) is 3.32. The number of carbonyl (C=O) groups excluding carboxylic acids is 1. The molecule has 120 valence electrons. The summed E-state index contributed by atoms with van der Waals surface area (Å²) in [7, 11) is 0. The molecule has 0 aliphatic heterocycles. The third kappa shape index (κ3) is 4.38. The van der Waals surface area contributed by atoms with E-state index in [9.17, 15) is 9.90 Å². The van der Waals surface area contributed by atoms with E-state index in [2.05, 4.69) is 15.5 Å². The highest BCUT2D eigenvalue weighted by molar-refractivity contribution is 7.08. The minimum atomic E-state index is -1.06. The Morgan fingerprint density at radius 2 is 2.27 bits per heavy atom. The minimum Gasteiger partial charge on any atom is -0.425 e. The second-order valence-corrected chi connectivity index (χ2v) is 6.53. The van der Waals surface area contributed by atoms with Crippen LogP contribution in [0.15, 0.2) is 21.2 Å². The Morgan fingerprint density at radius 3 is 2.86 bits per heavy atom. The van der Waals surface area contributed by atoms with E-state index in [0.717, 1.165) is 5.56 Å². The number of nitrogens with one attached hydrogen (secondary N) is 1. The lowest BCUT2D eigenvalue weighted by Crippen LogP contribution is -2.38. The number of thiophene rings is 1. The van der Waals surface area contributed by atoms with Gasteiger partial charge in [0.05, 0.1) is 6.54 Å². The van der Waals surface area contributed by atoms with Crippen molar-refractivity contribution in [3.05, 3.63) is 34.2 Å². The van der Waals surface area contributed by atoms with Crippen LogP contribution < -0.4 is 5.32 Å². The van der Waals surface area contributed by atoms with Crippen LogP contribution in [0.1, 0.15) is 50.5 Å². The molecule has 0 spiro atoms. The normalized spacial score (nSPS) is 14.0. The van der Waals surface area contributed by atoms with Crippen molar-refractivity contribution in [1.82, 2.24) is 15.5 Å². The number of aromatic nitrogens is 2. The minimum absolute atomic E-state index is 0.153. The van der Waals surface area contributed by atoms with Gasteiger partial charge in [-0.25, -0.2) is 0 Å². The predicted octanol–water partition coefficient (Wildman–Crippen LogP) is 2.21. The number of aliphatic hydroxyl groups is 1. The predicted molar refractivity (Wildman–Crippen MR) is 83.6 cm³/mol. The average Bonchev–Trinajstić information content (AvgIpc) is 3.13. The average molecular weight is 323 g/mol. The monoisotopic (exact) mass is 323 g/mol. The van der Waals surface area contributed by atoms with Gasteiger partial charge in [0.1, 0.15) is 5.60 Å². The molecule has 0 fully saturated rings. The Bertz CT molecular complexity index is 605. The van der Waals surface area contributed by atoms with E-state index in [1.165, 1.54) is 11.3 Å². The van der Waals surface area contributed by atoms with Crippen molar-refractivity contribution in [3.63, 3.8) is 0 Å². The zero-order chi connectivity index (χ0) is 16.2. The molecule has 2 rings (SSSR count). The van der Waals surface area contributed by atoms with E-state index in [-0.39, 0.29) is 24.8 Å². The zero-order valence-corrected chi connectivity index (χ0v) is 13.8. The summed E-state index contributed by atoms with van der Waals surface area (Å²) in [5, 5.41) is 24.7. The van der Waals surface area contributed by atoms with Crippen LogP contribution >= 0.6 is 11.3 Å². The topological polar surface area (TPSA) is 88.2 Å². The van der Waals surface area contributed by atoms with Crippen LogP contribution in [-0.2, 0) is 16.8 Å². The maximum Gasteiger partial charge on any atom is 0.220 e. The molecule has 6 nitrogen and oxygen atoms in total. The van der Waals surface area contributed by atoms with Crippen LogP contribution in [-0.4, -0.2) is 27.8 Å². The summed E-state index contributed by atoms with van der Waals surface area (Å²) < 4.78 is 5.45. The van der Waals surface area contributed by atoms with E-state index < -0.39 is 5.60 Å². The van der Waals surface area contributed by atoms with Crippen molar-refractivity contribution in [2.24, 2.45) is 0 Å². The summed E-state index contributed by atoms with van der Waals surface area (Å²) in [5.41, 5.74) is -0.262. The first-order chi connectivity index (χ1) is 10.4. The van der Waals surface area contributed by atoms with Crippen molar-refractivity contribution in [2.45, 2.75) is 45.1 Å². The fourth-order valence-corrected chi connectivity index (χ4v) is 2.64. The van der Waals surface area contributed by atoms with Crippen LogP contribution in [0.4, 0.5) is 0 Å². The Hall–Kier alpha value is -1.73. The third-order valence-corrected chi connectivity index (χ3v) is 4.00. The Balaban J connectivity index is 1.78. The number of nitrogens with zero attached hydrogens (tertiary/aromatic N) is 2. The molecule has 0 saturated heterocycles. The molecule has 0 radical (unpaired) electrons. The molecule has 0 aromatic carbocycles. The fourth-order valence-electron chi connectivity index (χ4n) is 1.85.